The van der Waals surface area contributed by atoms with Crippen LogP contribution in [-0.4, -0.2) is 17.7 Å². The van der Waals surface area contributed by atoms with Gasteiger partial charge in [-0.25, -0.2) is 4.39 Å². The molecule has 4 heteroatoms. The molecule has 3 aromatic carbocycles. The molecule has 0 spiro atoms. The number of phenolic OH excluding ortho intramolecular Hbond substituents is 1. The zero-order valence-electron chi connectivity index (χ0n) is 16.7. The van der Waals surface area contributed by atoms with Gasteiger partial charge in [-0.05, 0) is 71.8 Å². The van der Waals surface area contributed by atoms with E-state index in [1.165, 1.54) is 0 Å². The van der Waals surface area contributed by atoms with Crippen LogP contribution >= 0.6 is 0 Å². The Morgan fingerprint density at radius 1 is 0.966 bits per heavy atom. The Morgan fingerprint density at radius 3 is 2.41 bits per heavy atom. The number of halogens is 1. The highest BCUT2D eigenvalue weighted by atomic mass is 19.1. The second-order valence-corrected chi connectivity index (χ2v) is 7.02. The summed E-state index contributed by atoms with van der Waals surface area (Å²) in [6.45, 7) is 3.55. The van der Waals surface area contributed by atoms with Crippen molar-refractivity contribution in [3.05, 3.63) is 77.4 Å². The zero-order valence-corrected chi connectivity index (χ0v) is 16.7. The predicted molar refractivity (Wildman–Crippen MR) is 113 cm³/mol. The molecule has 29 heavy (non-hydrogen) atoms. The third-order valence-corrected chi connectivity index (χ3v) is 4.88. The van der Waals surface area contributed by atoms with Gasteiger partial charge in [0.1, 0.15) is 12.4 Å². The van der Waals surface area contributed by atoms with Gasteiger partial charge < -0.3 is 9.84 Å². The summed E-state index contributed by atoms with van der Waals surface area (Å²) in [6, 6.07) is 18.8. The lowest BCUT2D eigenvalue weighted by Crippen LogP contribution is -2.05. The van der Waals surface area contributed by atoms with Crippen LogP contribution in [0.2, 0.25) is 0 Å². The van der Waals surface area contributed by atoms with Crippen molar-refractivity contribution in [3.63, 3.8) is 0 Å². The van der Waals surface area contributed by atoms with Crippen LogP contribution in [0.25, 0.3) is 22.3 Å². The van der Waals surface area contributed by atoms with Gasteiger partial charge in [0.2, 0.25) is 0 Å². The normalized spacial score (nSPS) is 10.7. The van der Waals surface area contributed by atoms with Crippen molar-refractivity contribution in [2.45, 2.75) is 33.4 Å². The average molecular weight is 392 g/mol. The SMILES string of the molecule is CCOC(=O)CCc1cc(O)ccc1-c1ccc(-c2cccc(C)c2)c(CF)c1. The van der Waals surface area contributed by atoms with Gasteiger partial charge >= 0.3 is 5.97 Å². The molecule has 0 atom stereocenters. The molecule has 1 N–H and O–H groups in total. The van der Waals surface area contributed by atoms with E-state index >= 15 is 0 Å². The van der Waals surface area contributed by atoms with E-state index in [-0.39, 0.29) is 18.1 Å². The van der Waals surface area contributed by atoms with Crippen LogP contribution in [0.1, 0.15) is 30.0 Å². The molecular formula is C25H25FO3. The van der Waals surface area contributed by atoms with Gasteiger partial charge in [0.25, 0.3) is 0 Å². The van der Waals surface area contributed by atoms with Crippen molar-refractivity contribution < 1.29 is 19.0 Å². The standard InChI is InChI=1S/C25H25FO3/c1-3-29-25(28)12-8-20-15-22(27)9-11-23(20)19-7-10-24(21(14-19)16-26)18-6-4-5-17(2)13-18/h4-7,9-11,13-15,27H,3,8,12,16H2,1-2H3. The Balaban J connectivity index is 1.97. The largest absolute Gasteiger partial charge is 0.508 e. The van der Waals surface area contributed by atoms with Crippen molar-refractivity contribution in [1.29, 1.82) is 0 Å². The van der Waals surface area contributed by atoms with Crippen molar-refractivity contribution >= 4 is 5.97 Å². The van der Waals surface area contributed by atoms with Crippen LogP contribution in [0.3, 0.4) is 0 Å². The van der Waals surface area contributed by atoms with Crippen molar-refractivity contribution in [2.24, 2.45) is 0 Å². The van der Waals surface area contributed by atoms with E-state index in [1.807, 2.05) is 49.4 Å². The Labute approximate surface area is 170 Å². The molecule has 0 aliphatic rings. The second-order valence-electron chi connectivity index (χ2n) is 7.02. The van der Waals surface area contributed by atoms with E-state index in [0.29, 0.717) is 18.6 Å². The molecule has 0 aliphatic carbocycles. The summed E-state index contributed by atoms with van der Waals surface area (Å²) >= 11 is 0. The number of phenols is 1. The number of carbonyl (C=O) groups is 1. The average Bonchev–Trinajstić information content (AvgIpc) is 2.72. The molecule has 0 unspecified atom stereocenters. The van der Waals surface area contributed by atoms with E-state index in [9.17, 15) is 14.3 Å². The number of hydrogen-bond donors (Lipinski definition) is 1. The van der Waals surface area contributed by atoms with Crippen LogP contribution in [-0.2, 0) is 22.6 Å². The van der Waals surface area contributed by atoms with E-state index in [4.69, 9.17) is 4.74 Å². The van der Waals surface area contributed by atoms with Crippen molar-refractivity contribution in [1.82, 2.24) is 0 Å². The number of rotatable bonds is 7. The lowest BCUT2D eigenvalue weighted by Gasteiger charge is -2.14. The summed E-state index contributed by atoms with van der Waals surface area (Å²) in [7, 11) is 0. The van der Waals surface area contributed by atoms with E-state index in [1.54, 1.807) is 25.1 Å². The molecule has 3 aromatic rings. The first kappa shape index (κ1) is 20.6. The smallest absolute Gasteiger partial charge is 0.306 e. The first-order chi connectivity index (χ1) is 14.0. The highest BCUT2D eigenvalue weighted by Crippen LogP contribution is 2.33. The van der Waals surface area contributed by atoms with Crippen molar-refractivity contribution in [3.8, 4) is 28.0 Å². The summed E-state index contributed by atoms with van der Waals surface area (Å²) in [5, 5.41) is 9.90. The molecular weight excluding hydrogens is 367 g/mol. The molecule has 0 aromatic heterocycles. The van der Waals surface area contributed by atoms with Crippen LogP contribution in [0.15, 0.2) is 60.7 Å². The summed E-state index contributed by atoms with van der Waals surface area (Å²) in [6.07, 6.45) is 0.662. The molecule has 0 radical (unpaired) electrons. The Kier molecular flexibility index (Phi) is 6.65. The molecule has 0 fully saturated rings. The molecule has 3 nitrogen and oxygen atoms in total. The Bertz CT molecular complexity index is 1010. The van der Waals surface area contributed by atoms with Gasteiger partial charge in [-0.1, -0.05) is 48.0 Å². The van der Waals surface area contributed by atoms with Gasteiger partial charge in [-0.15, -0.1) is 0 Å². The topological polar surface area (TPSA) is 46.5 Å². The summed E-state index contributed by atoms with van der Waals surface area (Å²) in [5.74, 6) is -0.143. The Morgan fingerprint density at radius 2 is 1.69 bits per heavy atom. The molecule has 0 aliphatic heterocycles. The molecule has 0 heterocycles. The summed E-state index contributed by atoms with van der Waals surface area (Å²) in [5.41, 5.74) is 6.13. The highest BCUT2D eigenvalue weighted by Gasteiger charge is 2.13. The monoisotopic (exact) mass is 392 g/mol. The number of carbonyl (C=O) groups excluding carboxylic acids is 1. The number of ether oxygens (including phenoxy) is 1. The quantitative estimate of drug-likeness (QED) is 0.502. The number of aromatic hydroxyl groups is 1. The highest BCUT2D eigenvalue weighted by molar-refractivity contribution is 5.76. The van der Waals surface area contributed by atoms with Gasteiger partial charge in [0.15, 0.2) is 0 Å². The molecule has 0 bridgehead atoms. The lowest BCUT2D eigenvalue weighted by atomic mass is 9.91. The molecule has 0 amide bonds. The van der Waals surface area contributed by atoms with Gasteiger partial charge in [0, 0.05) is 6.42 Å². The zero-order chi connectivity index (χ0) is 20.8. The summed E-state index contributed by atoms with van der Waals surface area (Å²) in [4.78, 5) is 11.7. The van der Waals surface area contributed by atoms with Crippen LogP contribution < -0.4 is 0 Å². The number of hydrogen-bond acceptors (Lipinski definition) is 3. The Hall–Kier alpha value is -3.14. The maximum absolute atomic E-state index is 13.9. The first-order valence-corrected chi connectivity index (χ1v) is 9.75. The fraction of sp³-hybridized carbons (Fsp3) is 0.240. The second kappa shape index (κ2) is 9.37. The third-order valence-electron chi connectivity index (χ3n) is 4.88. The summed E-state index contributed by atoms with van der Waals surface area (Å²) < 4.78 is 18.9. The molecule has 3 rings (SSSR count). The minimum Gasteiger partial charge on any atom is -0.508 e. The fourth-order valence-corrected chi connectivity index (χ4v) is 3.50. The van der Waals surface area contributed by atoms with Crippen molar-refractivity contribution in [2.75, 3.05) is 6.61 Å². The number of benzene rings is 3. The van der Waals surface area contributed by atoms with Crippen LogP contribution in [0, 0.1) is 6.92 Å². The van der Waals surface area contributed by atoms with E-state index in [2.05, 4.69) is 0 Å². The van der Waals surface area contributed by atoms with Gasteiger partial charge in [-0.3, -0.25) is 4.79 Å². The minimum absolute atomic E-state index is 0.134. The molecule has 0 saturated heterocycles. The number of esters is 1. The van der Waals surface area contributed by atoms with E-state index < -0.39 is 6.67 Å². The predicted octanol–water partition coefficient (Wildman–Crippen LogP) is 6.00. The maximum Gasteiger partial charge on any atom is 0.306 e. The molecule has 0 saturated carbocycles. The fourth-order valence-electron chi connectivity index (χ4n) is 3.50. The number of aryl methyl sites for hydroxylation is 2. The molecule has 150 valence electrons. The number of alkyl halides is 1. The first-order valence-electron chi connectivity index (χ1n) is 9.75. The lowest BCUT2D eigenvalue weighted by molar-refractivity contribution is -0.143. The van der Waals surface area contributed by atoms with Gasteiger partial charge in [-0.2, -0.15) is 0 Å². The third kappa shape index (κ3) is 5.02. The van der Waals surface area contributed by atoms with Gasteiger partial charge in [0.05, 0.1) is 6.61 Å². The minimum atomic E-state index is -0.576. The maximum atomic E-state index is 13.9. The van der Waals surface area contributed by atoms with Crippen LogP contribution in [0.4, 0.5) is 4.39 Å². The van der Waals surface area contributed by atoms with E-state index in [0.717, 1.165) is 33.4 Å². The van der Waals surface area contributed by atoms with Crippen LogP contribution in [0.5, 0.6) is 5.75 Å².